The lowest BCUT2D eigenvalue weighted by molar-refractivity contribution is -0.121. The van der Waals surface area contributed by atoms with Gasteiger partial charge in [-0.15, -0.1) is 0 Å². The minimum atomic E-state index is 0.0743. The maximum absolute atomic E-state index is 11.5. The van der Waals surface area contributed by atoms with Gasteiger partial charge in [0.2, 0.25) is 5.91 Å². The number of amides is 1. The van der Waals surface area contributed by atoms with Crippen molar-refractivity contribution in [2.45, 2.75) is 32.9 Å². The van der Waals surface area contributed by atoms with Crippen molar-refractivity contribution in [1.82, 2.24) is 15.6 Å². The van der Waals surface area contributed by atoms with E-state index < -0.39 is 0 Å². The Kier molecular flexibility index (Phi) is 5.50. The van der Waals surface area contributed by atoms with Gasteiger partial charge >= 0.3 is 0 Å². The normalized spacial score (nSPS) is 12.1. The van der Waals surface area contributed by atoms with E-state index in [4.69, 9.17) is 0 Å². The lowest BCUT2D eigenvalue weighted by atomic mass is 10.2. The number of nitrogens with one attached hydrogen (secondary N) is 2. The Balaban J connectivity index is 2.25. The second-order valence-corrected chi connectivity index (χ2v) is 3.80. The van der Waals surface area contributed by atoms with Crippen molar-refractivity contribution >= 4 is 5.91 Å². The highest BCUT2D eigenvalue weighted by Crippen LogP contribution is 1.96. The number of rotatable bonds is 6. The third-order valence-electron chi connectivity index (χ3n) is 2.28. The van der Waals surface area contributed by atoms with Crippen LogP contribution < -0.4 is 10.6 Å². The zero-order chi connectivity index (χ0) is 11.8. The molecule has 0 aromatic carbocycles. The topological polar surface area (TPSA) is 54.0 Å². The molecule has 0 fully saturated rings. The molecule has 0 saturated heterocycles. The first kappa shape index (κ1) is 12.6. The summed E-state index contributed by atoms with van der Waals surface area (Å²) in [5.41, 5.74) is 1.07. The van der Waals surface area contributed by atoms with Gasteiger partial charge in [-0.3, -0.25) is 9.78 Å². The van der Waals surface area contributed by atoms with Crippen molar-refractivity contribution in [3.63, 3.8) is 0 Å². The van der Waals surface area contributed by atoms with E-state index in [9.17, 15) is 4.79 Å². The summed E-state index contributed by atoms with van der Waals surface area (Å²) in [7, 11) is 0. The molecule has 1 heterocycles. The lowest BCUT2D eigenvalue weighted by Crippen LogP contribution is -2.33. The van der Waals surface area contributed by atoms with Crippen LogP contribution in [0.2, 0.25) is 0 Å². The van der Waals surface area contributed by atoms with Gasteiger partial charge in [-0.2, -0.15) is 0 Å². The minimum Gasteiger partial charge on any atom is -0.352 e. The van der Waals surface area contributed by atoms with Crippen LogP contribution in [0.5, 0.6) is 0 Å². The van der Waals surface area contributed by atoms with Crippen LogP contribution in [-0.4, -0.2) is 23.5 Å². The van der Waals surface area contributed by atoms with Gasteiger partial charge in [0.1, 0.15) is 0 Å². The highest BCUT2D eigenvalue weighted by Gasteiger charge is 2.06. The molecule has 0 radical (unpaired) electrons. The number of hydrogen-bond donors (Lipinski definition) is 2. The fraction of sp³-hybridized carbons (Fsp3) is 0.500. The van der Waals surface area contributed by atoms with Crippen molar-refractivity contribution in [3.8, 4) is 0 Å². The fourth-order valence-electron chi connectivity index (χ4n) is 1.47. The number of carbonyl (C=O) groups excluding carboxylic acids is 1. The average molecular weight is 221 g/mol. The van der Waals surface area contributed by atoms with Crippen molar-refractivity contribution in [2.75, 3.05) is 6.54 Å². The van der Waals surface area contributed by atoms with Crippen LogP contribution in [0, 0.1) is 0 Å². The number of aromatic nitrogens is 1. The van der Waals surface area contributed by atoms with Crippen LogP contribution in [0.1, 0.15) is 25.8 Å². The van der Waals surface area contributed by atoms with Crippen LogP contribution in [-0.2, 0) is 11.3 Å². The van der Waals surface area contributed by atoms with Gasteiger partial charge in [0.25, 0.3) is 0 Å². The van der Waals surface area contributed by atoms with Gasteiger partial charge in [0, 0.05) is 31.4 Å². The van der Waals surface area contributed by atoms with Crippen LogP contribution in [0.15, 0.2) is 24.5 Å². The first-order chi connectivity index (χ1) is 7.72. The predicted molar refractivity (Wildman–Crippen MR) is 63.8 cm³/mol. The molecule has 4 nitrogen and oxygen atoms in total. The maximum atomic E-state index is 11.5. The van der Waals surface area contributed by atoms with E-state index in [0.29, 0.717) is 13.0 Å². The van der Waals surface area contributed by atoms with Gasteiger partial charge in [-0.25, -0.2) is 0 Å². The molecule has 0 spiro atoms. The summed E-state index contributed by atoms with van der Waals surface area (Å²) in [5, 5.41) is 6.09. The zero-order valence-corrected chi connectivity index (χ0v) is 9.86. The second kappa shape index (κ2) is 6.95. The van der Waals surface area contributed by atoms with Gasteiger partial charge in [-0.1, -0.05) is 6.92 Å². The average Bonchev–Trinajstić information content (AvgIpc) is 2.28. The van der Waals surface area contributed by atoms with E-state index in [0.717, 1.165) is 12.1 Å². The van der Waals surface area contributed by atoms with Crippen molar-refractivity contribution in [3.05, 3.63) is 30.1 Å². The van der Waals surface area contributed by atoms with E-state index in [-0.39, 0.29) is 11.9 Å². The molecule has 16 heavy (non-hydrogen) atoms. The molecule has 1 atom stereocenters. The highest BCUT2D eigenvalue weighted by atomic mass is 16.1. The Bertz CT molecular complexity index is 313. The van der Waals surface area contributed by atoms with E-state index in [2.05, 4.69) is 15.6 Å². The lowest BCUT2D eigenvalue weighted by Gasteiger charge is -2.11. The van der Waals surface area contributed by atoms with Crippen LogP contribution in [0.3, 0.4) is 0 Å². The van der Waals surface area contributed by atoms with Gasteiger partial charge in [0.05, 0.1) is 0 Å². The summed E-state index contributed by atoms with van der Waals surface area (Å²) in [6, 6.07) is 4.02. The number of nitrogens with zero attached hydrogens (tertiary/aromatic N) is 1. The monoisotopic (exact) mass is 221 g/mol. The number of pyridine rings is 1. The standard InChI is InChI=1S/C12H19N3O/c1-3-14-10(2)8-12(16)15-9-11-4-6-13-7-5-11/h4-7,10,14H,3,8-9H2,1-2H3,(H,15,16). The Hall–Kier alpha value is -1.42. The van der Waals surface area contributed by atoms with Gasteiger partial charge in [-0.05, 0) is 31.2 Å². The zero-order valence-electron chi connectivity index (χ0n) is 9.86. The molecule has 4 heteroatoms. The molecule has 1 rings (SSSR count). The molecule has 0 aliphatic heterocycles. The van der Waals surface area contributed by atoms with Crippen LogP contribution >= 0.6 is 0 Å². The Morgan fingerprint density at radius 3 is 2.75 bits per heavy atom. The molecule has 0 bridgehead atoms. The molecular weight excluding hydrogens is 202 g/mol. The largest absolute Gasteiger partial charge is 0.352 e. The predicted octanol–water partition coefficient (Wildman–Crippen LogP) is 1.09. The van der Waals surface area contributed by atoms with E-state index in [1.54, 1.807) is 12.4 Å². The van der Waals surface area contributed by atoms with E-state index >= 15 is 0 Å². The molecule has 1 unspecified atom stereocenters. The molecule has 0 aliphatic carbocycles. The molecule has 88 valence electrons. The highest BCUT2D eigenvalue weighted by molar-refractivity contribution is 5.76. The third kappa shape index (κ3) is 4.89. The first-order valence-corrected chi connectivity index (χ1v) is 5.61. The summed E-state index contributed by atoms with van der Waals surface area (Å²) in [6.07, 6.45) is 3.96. The van der Waals surface area contributed by atoms with Crippen molar-refractivity contribution in [2.24, 2.45) is 0 Å². The Labute approximate surface area is 96.5 Å². The minimum absolute atomic E-state index is 0.0743. The van der Waals surface area contributed by atoms with E-state index in [1.807, 2.05) is 26.0 Å². The second-order valence-electron chi connectivity index (χ2n) is 3.80. The maximum Gasteiger partial charge on any atom is 0.221 e. The molecule has 1 amide bonds. The van der Waals surface area contributed by atoms with Gasteiger partial charge < -0.3 is 10.6 Å². The molecule has 2 N–H and O–H groups in total. The summed E-state index contributed by atoms with van der Waals surface area (Å²) in [6.45, 7) is 5.50. The summed E-state index contributed by atoms with van der Waals surface area (Å²) in [5.74, 6) is 0.0743. The van der Waals surface area contributed by atoms with E-state index in [1.165, 1.54) is 0 Å². The summed E-state index contributed by atoms with van der Waals surface area (Å²) < 4.78 is 0. The number of hydrogen-bond acceptors (Lipinski definition) is 3. The van der Waals surface area contributed by atoms with Gasteiger partial charge in [0.15, 0.2) is 0 Å². The molecule has 1 aromatic rings. The van der Waals surface area contributed by atoms with Crippen LogP contribution in [0.25, 0.3) is 0 Å². The summed E-state index contributed by atoms with van der Waals surface area (Å²) >= 11 is 0. The Morgan fingerprint density at radius 1 is 1.44 bits per heavy atom. The van der Waals surface area contributed by atoms with Crippen molar-refractivity contribution < 1.29 is 4.79 Å². The molecule has 0 saturated carbocycles. The van der Waals surface area contributed by atoms with Crippen LogP contribution in [0.4, 0.5) is 0 Å². The number of carbonyl (C=O) groups is 1. The smallest absolute Gasteiger partial charge is 0.221 e. The van der Waals surface area contributed by atoms with Crippen molar-refractivity contribution in [1.29, 1.82) is 0 Å². The fourth-order valence-corrected chi connectivity index (χ4v) is 1.47. The Morgan fingerprint density at radius 2 is 2.12 bits per heavy atom. The summed E-state index contributed by atoms with van der Waals surface area (Å²) in [4.78, 5) is 15.5. The molecular formula is C12H19N3O. The third-order valence-corrected chi connectivity index (χ3v) is 2.28. The quantitative estimate of drug-likeness (QED) is 0.756. The first-order valence-electron chi connectivity index (χ1n) is 5.61. The molecule has 1 aromatic heterocycles. The SMILES string of the molecule is CCNC(C)CC(=O)NCc1ccncc1. The molecule has 0 aliphatic rings.